The van der Waals surface area contributed by atoms with Crippen LogP contribution in [-0.2, 0) is 17.8 Å². The Morgan fingerprint density at radius 2 is 1.86 bits per heavy atom. The van der Waals surface area contributed by atoms with Crippen molar-refractivity contribution in [3.8, 4) is 0 Å². The molecule has 0 saturated carbocycles. The molecule has 0 atom stereocenters. The van der Waals surface area contributed by atoms with Crippen molar-refractivity contribution in [2.24, 2.45) is 0 Å². The van der Waals surface area contributed by atoms with Crippen LogP contribution >= 0.6 is 0 Å². The minimum atomic E-state index is -0.993. The van der Waals surface area contributed by atoms with Gasteiger partial charge in [-0.15, -0.1) is 0 Å². The number of anilines is 1. The second-order valence-corrected chi connectivity index (χ2v) is 4.72. The Kier molecular flexibility index (Phi) is 5.14. The molecule has 0 saturated heterocycles. The van der Waals surface area contributed by atoms with Gasteiger partial charge in [0.25, 0.3) is 0 Å². The largest absolute Gasteiger partial charge is 0.478 e. The van der Waals surface area contributed by atoms with Gasteiger partial charge in [0.2, 0.25) is 0 Å². The molecule has 0 bridgehead atoms. The molecule has 0 radical (unpaired) electrons. The van der Waals surface area contributed by atoms with E-state index in [1.165, 1.54) is 6.07 Å². The molecule has 0 aliphatic carbocycles. The molecule has 0 spiro atoms. The summed E-state index contributed by atoms with van der Waals surface area (Å²) in [7, 11) is 0. The summed E-state index contributed by atoms with van der Waals surface area (Å²) in [6.45, 7) is 2.07. The minimum absolute atomic E-state index is 0.182. The maximum atomic E-state index is 11.8. The second-order valence-electron chi connectivity index (χ2n) is 4.72. The Morgan fingerprint density at radius 1 is 1.14 bits per heavy atom. The third-order valence-corrected chi connectivity index (χ3v) is 3.18. The van der Waals surface area contributed by atoms with Crippen molar-refractivity contribution in [2.45, 2.75) is 20.0 Å². The predicted octanol–water partition coefficient (Wildman–Crippen LogP) is 3.70. The van der Waals surface area contributed by atoms with Crippen molar-refractivity contribution in [3.05, 3.63) is 65.2 Å². The molecule has 0 aromatic heterocycles. The maximum Gasteiger partial charge on any atom is 0.411 e. The Labute approximate surface area is 128 Å². The summed E-state index contributed by atoms with van der Waals surface area (Å²) in [5, 5.41) is 11.6. The van der Waals surface area contributed by atoms with E-state index in [9.17, 15) is 9.59 Å². The van der Waals surface area contributed by atoms with Gasteiger partial charge in [0.15, 0.2) is 0 Å². The number of hydrogen-bond acceptors (Lipinski definition) is 3. The summed E-state index contributed by atoms with van der Waals surface area (Å²) in [5.41, 5.74) is 2.40. The molecule has 2 N–H and O–H groups in total. The van der Waals surface area contributed by atoms with Gasteiger partial charge < -0.3 is 9.84 Å². The van der Waals surface area contributed by atoms with Gasteiger partial charge in [-0.2, -0.15) is 0 Å². The Morgan fingerprint density at radius 3 is 2.50 bits per heavy atom. The molecule has 0 fully saturated rings. The van der Waals surface area contributed by atoms with Crippen LogP contribution in [0.2, 0.25) is 0 Å². The highest BCUT2D eigenvalue weighted by atomic mass is 16.5. The van der Waals surface area contributed by atoms with E-state index in [0.29, 0.717) is 12.1 Å². The zero-order valence-electron chi connectivity index (χ0n) is 12.2. The lowest BCUT2D eigenvalue weighted by atomic mass is 10.1. The maximum absolute atomic E-state index is 11.8. The van der Waals surface area contributed by atoms with Crippen LogP contribution in [0.1, 0.15) is 28.4 Å². The SMILES string of the molecule is CCc1cc(C(=O)O)ccc1NC(=O)OCc1ccccc1. The van der Waals surface area contributed by atoms with E-state index < -0.39 is 12.1 Å². The standard InChI is InChI=1S/C17H17NO4/c1-2-13-10-14(16(19)20)8-9-15(13)18-17(21)22-11-12-6-4-3-5-7-12/h3-10H,2,11H2,1H3,(H,18,21)(H,19,20). The van der Waals surface area contributed by atoms with Gasteiger partial charge in [0, 0.05) is 5.69 Å². The van der Waals surface area contributed by atoms with Crippen LogP contribution in [0.5, 0.6) is 0 Å². The Balaban J connectivity index is 2.00. The van der Waals surface area contributed by atoms with Crippen molar-refractivity contribution in [2.75, 3.05) is 5.32 Å². The van der Waals surface area contributed by atoms with E-state index in [2.05, 4.69) is 5.32 Å². The van der Waals surface area contributed by atoms with Crippen LogP contribution in [0, 0.1) is 0 Å². The van der Waals surface area contributed by atoms with Gasteiger partial charge >= 0.3 is 12.1 Å². The van der Waals surface area contributed by atoms with Gasteiger partial charge in [-0.3, -0.25) is 5.32 Å². The zero-order valence-corrected chi connectivity index (χ0v) is 12.2. The topological polar surface area (TPSA) is 75.6 Å². The number of benzene rings is 2. The smallest absolute Gasteiger partial charge is 0.411 e. The Bertz CT molecular complexity index is 668. The summed E-state index contributed by atoms with van der Waals surface area (Å²) < 4.78 is 5.14. The molecule has 114 valence electrons. The van der Waals surface area contributed by atoms with Crippen molar-refractivity contribution in [1.29, 1.82) is 0 Å². The molecular weight excluding hydrogens is 282 g/mol. The quantitative estimate of drug-likeness (QED) is 0.882. The van der Waals surface area contributed by atoms with E-state index in [1.807, 2.05) is 37.3 Å². The number of ether oxygens (including phenoxy) is 1. The number of nitrogens with one attached hydrogen (secondary N) is 1. The number of carboxylic acid groups (broad SMARTS) is 1. The molecule has 1 amide bonds. The average molecular weight is 299 g/mol. The van der Waals surface area contributed by atoms with E-state index in [4.69, 9.17) is 9.84 Å². The molecular formula is C17H17NO4. The molecule has 2 rings (SSSR count). The zero-order chi connectivity index (χ0) is 15.9. The molecule has 5 heteroatoms. The third-order valence-electron chi connectivity index (χ3n) is 3.18. The second kappa shape index (κ2) is 7.26. The first-order valence-electron chi connectivity index (χ1n) is 6.94. The fourth-order valence-electron chi connectivity index (χ4n) is 2.01. The van der Waals surface area contributed by atoms with Crippen molar-refractivity contribution >= 4 is 17.7 Å². The highest BCUT2D eigenvalue weighted by molar-refractivity contribution is 5.90. The van der Waals surface area contributed by atoms with Crippen LogP contribution in [0.15, 0.2) is 48.5 Å². The first kappa shape index (κ1) is 15.6. The predicted molar refractivity (Wildman–Crippen MR) is 83.0 cm³/mol. The lowest BCUT2D eigenvalue weighted by Crippen LogP contribution is -2.15. The lowest BCUT2D eigenvalue weighted by molar-refractivity contribution is 0.0696. The number of carboxylic acids is 1. The molecule has 0 unspecified atom stereocenters. The lowest BCUT2D eigenvalue weighted by Gasteiger charge is -2.11. The number of aryl methyl sites for hydroxylation is 1. The van der Waals surface area contributed by atoms with Gasteiger partial charge in [0.05, 0.1) is 5.56 Å². The third kappa shape index (κ3) is 4.09. The molecule has 5 nitrogen and oxygen atoms in total. The van der Waals surface area contributed by atoms with E-state index in [-0.39, 0.29) is 12.2 Å². The number of amides is 1. The van der Waals surface area contributed by atoms with Crippen LogP contribution in [0.25, 0.3) is 0 Å². The molecule has 0 heterocycles. The summed E-state index contributed by atoms with van der Waals surface area (Å²) in [6, 6.07) is 13.9. The summed E-state index contributed by atoms with van der Waals surface area (Å²) in [4.78, 5) is 22.8. The highest BCUT2D eigenvalue weighted by Crippen LogP contribution is 2.19. The molecule has 2 aromatic rings. The van der Waals surface area contributed by atoms with E-state index in [1.54, 1.807) is 12.1 Å². The number of carbonyl (C=O) groups excluding carboxylic acids is 1. The van der Waals surface area contributed by atoms with Gasteiger partial charge in [-0.05, 0) is 35.7 Å². The molecule has 22 heavy (non-hydrogen) atoms. The summed E-state index contributed by atoms with van der Waals surface area (Å²) in [5.74, 6) is -0.993. The summed E-state index contributed by atoms with van der Waals surface area (Å²) >= 11 is 0. The van der Waals surface area contributed by atoms with E-state index in [0.717, 1.165) is 11.1 Å². The average Bonchev–Trinajstić information content (AvgIpc) is 2.54. The van der Waals surface area contributed by atoms with Crippen LogP contribution < -0.4 is 5.32 Å². The highest BCUT2D eigenvalue weighted by Gasteiger charge is 2.10. The number of carbonyl (C=O) groups is 2. The molecule has 0 aliphatic heterocycles. The summed E-state index contributed by atoms with van der Waals surface area (Å²) in [6.07, 6.45) is 0.0386. The van der Waals surface area contributed by atoms with Gasteiger partial charge in [-0.25, -0.2) is 9.59 Å². The van der Waals surface area contributed by atoms with Crippen LogP contribution in [0.3, 0.4) is 0 Å². The van der Waals surface area contributed by atoms with E-state index >= 15 is 0 Å². The monoisotopic (exact) mass is 299 g/mol. The number of rotatable bonds is 5. The first-order chi connectivity index (χ1) is 10.6. The minimum Gasteiger partial charge on any atom is -0.478 e. The van der Waals surface area contributed by atoms with Crippen LogP contribution in [-0.4, -0.2) is 17.2 Å². The normalized spacial score (nSPS) is 10.0. The molecule has 0 aliphatic rings. The Hall–Kier alpha value is -2.82. The first-order valence-corrected chi connectivity index (χ1v) is 6.94. The van der Waals surface area contributed by atoms with Crippen molar-refractivity contribution < 1.29 is 19.4 Å². The fourth-order valence-corrected chi connectivity index (χ4v) is 2.01. The van der Waals surface area contributed by atoms with Gasteiger partial charge in [0.1, 0.15) is 6.61 Å². The van der Waals surface area contributed by atoms with Crippen molar-refractivity contribution in [1.82, 2.24) is 0 Å². The molecule has 2 aromatic carbocycles. The number of aromatic carboxylic acids is 1. The fraction of sp³-hybridized carbons (Fsp3) is 0.176. The van der Waals surface area contributed by atoms with Gasteiger partial charge in [-0.1, -0.05) is 37.3 Å². The van der Waals surface area contributed by atoms with Crippen molar-refractivity contribution in [3.63, 3.8) is 0 Å². The number of hydrogen-bond donors (Lipinski definition) is 2. The van der Waals surface area contributed by atoms with Crippen LogP contribution in [0.4, 0.5) is 10.5 Å².